The molecule has 0 spiro atoms. The van der Waals surface area contributed by atoms with E-state index in [1.54, 1.807) is 24.5 Å². The van der Waals surface area contributed by atoms with Gasteiger partial charge in [0.15, 0.2) is 0 Å². The standard InChI is InChI=1S/C21H22N4O3/c1-14(15-2-4-17(5-3-15)25-10-12-28-13-11-25)23-18-19(21(27)20(18)26)24-16-6-8-22-9-7-16/h2-9,14,23H,10-13H2,1H3,(H,22,24). The third-order valence-corrected chi connectivity index (χ3v) is 4.99. The van der Waals surface area contributed by atoms with E-state index < -0.39 is 10.9 Å². The average Bonchev–Trinajstić information content (AvgIpc) is 2.77. The summed E-state index contributed by atoms with van der Waals surface area (Å²) in [5.41, 5.74) is 2.54. The monoisotopic (exact) mass is 378 g/mol. The highest BCUT2D eigenvalue weighted by molar-refractivity contribution is 5.78. The van der Waals surface area contributed by atoms with E-state index in [0.717, 1.165) is 37.6 Å². The topological polar surface area (TPSA) is 83.6 Å². The second-order valence-electron chi connectivity index (χ2n) is 6.83. The number of pyridine rings is 1. The van der Waals surface area contributed by atoms with Gasteiger partial charge in [0.1, 0.15) is 11.4 Å². The molecule has 2 aromatic carbocycles. The van der Waals surface area contributed by atoms with Crippen molar-refractivity contribution in [3.05, 3.63) is 74.8 Å². The molecule has 28 heavy (non-hydrogen) atoms. The summed E-state index contributed by atoms with van der Waals surface area (Å²) < 4.78 is 5.39. The van der Waals surface area contributed by atoms with Crippen LogP contribution >= 0.6 is 0 Å². The van der Waals surface area contributed by atoms with Crippen LogP contribution in [0, 0.1) is 0 Å². The molecule has 7 nitrogen and oxygen atoms in total. The van der Waals surface area contributed by atoms with Gasteiger partial charge in [0.25, 0.3) is 10.9 Å². The second-order valence-corrected chi connectivity index (χ2v) is 6.83. The highest BCUT2D eigenvalue weighted by atomic mass is 16.5. The Morgan fingerprint density at radius 1 is 0.964 bits per heavy atom. The molecule has 0 radical (unpaired) electrons. The summed E-state index contributed by atoms with van der Waals surface area (Å²) in [5, 5.41) is 6.19. The van der Waals surface area contributed by atoms with E-state index in [1.165, 1.54) is 0 Å². The van der Waals surface area contributed by atoms with Gasteiger partial charge < -0.3 is 20.3 Å². The van der Waals surface area contributed by atoms with Crippen LogP contribution in [0.1, 0.15) is 18.5 Å². The van der Waals surface area contributed by atoms with Gasteiger partial charge >= 0.3 is 0 Å². The van der Waals surface area contributed by atoms with Gasteiger partial charge in [-0.15, -0.1) is 0 Å². The van der Waals surface area contributed by atoms with E-state index in [-0.39, 0.29) is 6.04 Å². The molecule has 1 unspecified atom stereocenters. The van der Waals surface area contributed by atoms with Crippen molar-refractivity contribution in [1.82, 2.24) is 4.98 Å². The summed E-state index contributed by atoms with van der Waals surface area (Å²) in [6.45, 7) is 5.24. The summed E-state index contributed by atoms with van der Waals surface area (Å²) >= 11 is 0. The maximum Gasteiger partial charge on any atom is 0.253 e. The van der Waals surface area contributed by atoms with Crippen LogP contribution in [-0.2, 0) is 4.74 Å². The molecule has 3 aromatic rings. The van der Waals surface area contributed by atoms with Gasteiger partial charge in [-0.05, 0) is 36.8 Å². The Morgan fingerprint density at radius 2 is 1.61 bits per heavy atom. The van der Waals surface area contributed by atoms with Crippen molar-refractivity contribution in [3.8, 4) is 0 Å². The molecule has 0 amide bonds. The molecule has 0 bridgehead atoms. The number of nitrogens with one attached hydrogen (secondary N) is 2. The van der Waals surface area contributed by atoms with Gasteiger partial charge in [0, 0.05) is 42.9 Å². The number of nitrogens with zero attached hydrogens (tertiary/aromatic N) is 2. The molecule has 1 atom stereocenters. The van der Waals surface area contributed by atoms with Crippen molar-refractivity contribution in [1.29, 1.82) is 0 Å². The fourth-order valence-corrected chi connectivity index (χ4v) is 3.32. The number of ether oxygens (including phenoxy) is 1. The molecule has 1 saturated heterocycles. The summed E-state index contributed by atoms with van der Waals surface area (Å²) in [4.78, 5) is 30.3. The number of hydrogen-bond acceptors (Lipinski definition) is 7. The lowest BCUT2D eigenvalue weighted by Gasteiger charge is -2.29. The Balaban J connectivity index is 1.46. The molecule has 1 aliphatic heterocycles. The Hall–Kier alpha value is -3.19. The summed E-state index contributed by atoms with van der Waals surface area (Å²) in [6.07, 6.45) is 3.25. The van der Waals surface area contributed by atoms with Crippen LogP contribution in [0.25, 0.3) is 0 Å². The van der Waals surface area contributed by atoms with Crippen LogP contribution in [0.5, 0.6) is 0 Å². The molecule has 1 aliphatic rings. The fourth-order valence-electron chi connectivity index (χ4n) is 3.32. The van der Waals surface area contributed by atoms with Crippen molar-refractivity contribution < 1.29 is 4.74 Å². The zero-order valence-electron chi connectivity index (χ0n) is 15.6. The van der Waals surface area contributed by atoms with E-state index in [1.807, 2.05) is 19.1 Å². The zero-order valence-corrected chi connectivity index (χ0v) is 15.6. The minimum atomic E-state index is -0.505. The maximum absolute atomic E-state index is 12.0. The first-order valence-corrected chi connectivity index (χ1v) is 9.33. The number of morpholine rings is 1. The Morgan fingerprint density at radius 3 is 2.29 bits per heavy atom. The highest BCUT2D eigenvalue weighted by Gasteiger charge is 2.23. The molecule has 0 saturated carbocycles. The van der Waals surface area contributed by atoms with E-state index >= 15 is 0 Å². The Kier molecular flexibility index (Phi) is 5.08. The smallest absolute Gasteiger partial charge is 0.253 e. The van der Waals surface area contributed by atoms with Crippen molar-refractivity contribution in [2.75, 3.05) is 41.8 Å². The molecule has 2 heterocycles. The van der Waals surface area contributed by atoms with Gasteiger partial charge in [-0.2, -0.15) is 0 Å². The largest absolute Gasteiger partial charge is 0.378 e. The third-order valence-electron chi connectivity index (χ3n) is 4.99. The van der Waals surface area contributed by atoms with E-state index in [4.69, 9.17) is 4.74 Å². The first kappa shape index (κ1) is 18.2. The summed E-state index contributed by atoms with van der Waals surface area (Å²) in [6, 6.07) is 11.6. The Bertz CT molecular complexity index is 1000. The number of hydrogen-bond donors (Lipinski definition) is 2. The highest BCUT2D eigenvalue weighted by Crippen LogP contribution is 2.26. The molecule has 1 fully saturated rings. The van der Waals surface area contributed by atoms with Crippen LogP contribution in [0.2, 0.25) is 0 Å². The predicted octanol–water partition coefficient (Wildman–Crippen LogP) is 2.43. The average molecular weight is 378 g/mol. The van der Waals surface area contributed by atoms with Crippen molar-refractivity contribution in [2.45, 2.75) is 13.0 Å². The number of benzene rings is 1. The van der Waals surface area contributed by atoms with Gasteiger partial charge in [0.2, 0.25) is 0 Å². The second kappa shape index (κ2) is 7.82. The van der Waals surface area contributed by atoms with Gasteiger partial charge in [0.05, 0.1) is 13.2 Å². The van der Waals surface area contributed by atoms with E-state index in [2.05, 4.69) is 32.7 Å². The van der Waals surface area contributed by atoms with Gasteiger partial charge in [-0.25, -0.2) is 0 Å². The van der Waals surface area contributed by atoms with Crippen LogP contribution in [0.3, 0.4) is 0 Å². The number of aromatic nitrogens is 1. The molecule has 4 rings (SSSR count). The lowest BCUT2D eigenvalue weighted by atomic mass is 10.1. The van der Waals surface area contributed by atoms with Crippen LogP contribution in [-0.4, -0.2) is 31.3 Å². The summed E-state index contributed by atoms with van der Waals surface area (Å²) in [7, 11) is 0. The molecule has 144 valence electrons. The molecule has 1 aromatic heterocycles. The van der Waals surface area contributed by atoms with E-state index in [9.17, 15) is 9.59 Å². The maximum atomic E-state index is 12.0. The SMILES string of the molecule is CC(Nc1c(Nc2ccncc2)c(=O)c1=O)c1ccc(N2CCOCC2)cc1. The van der Waals surface area contributed by atoms with Crippen molar-refractivity contribution in [2.24, 2.45) is 0 Å². The van der Waals surface area contributed by atoms with Crippen molar-refractivity contribution in [3.63, 3.8) is 0 Å². The van der Waals surface area contributed by atoms with Gasteiger partial charge in [-0.1, -0.05) is 12.1 Å². The van der Waals surface area contributed by atoms with E-state index in [0.29, 0.717) is 17.1 Å². The Labute approximate surface area is 162 Å². The minimum Gasteiger partial charge on any atom is -0.378 e. The third kappa shape index (κ3) is 3.61. The fraction of sp³-hybridized carbons (Fsp3) is 0.286. The van der Waals surface area contributed by atoms with Gasteiger partial charge in [-0.3, -0.25) is 14.6 Å². The predicted molar refractivity (Wildman–Crippen MR) is 110 cm³/mol. The molecule has 7 heteroatoms. The zero-order chi connectivity index (χ0) is 19.5. The lowest BCUT2D eigenvalue weighted by Crippen LogP contribution is -2.37. The quantitative estimate of drug-likeness (QED) is 0.638. The number of anilines is 4. The first-order chi connectivity index (χ1) is 13.6. The van der Waals surface area contributed by atoms with Crippen LogP contribution in [0.4, 0.5) is 22.7 Å². The molecular formula is C21H22N4O3. The normalized spacial score (nSPS) is 15.4. The summed E-state index contributed by atoms with van der Waals surface area (Å²) in [5.74, 6) is 0. The van der Waals surface area contributed by atoms with Crippen molar-refractivity contribution >= 4 is 22.7 Å². The molecule has 2 N–H and O–H groups in total. The number of rotatable bonds is 6. The van der Waals surface area contributed by atoms with Crippen LogP contribution < -0.4 is 26.4 Å². The molecule has 0 aliphatic carbocycles. The molecular weight excluding hydrogens is 356 g/mol. The van der Waals surface area contributed by atoms with Crippen LogP contribution in [0.15, 0.2) is 58.4 Å². The minimum absolute atomic E-state index is 0.111. The first-order valence-electron chi connectivity index (χ1n) is 9.33. The lowest BCUT2D eigenvalue weighted by molar-refractivity contribution is 0.122.